The predicted octanol–water partition coefficient (Wildman–Crippen LogP) is 3.20. The summed E-state index contributed by atoms with van der Waals surface area (Å²) in [6.45, 7) is 0. The number of alkyl halides is 1. The fraction of sp³-hybridized carbons (Fsp3) is 0.417. The molecule has 0 saturated heterocycles. The smallest absolute Gasteiger partial charge is 0.255 e. The second-order valence-electron chi connectivity index (χ2n) is 4.38. The summed E-state index contributed by atoms with van der Waals surface area (Å²) in [6.07, 6.45) is 3.11. The monoisotopic (exact) mass is 361 g/mol. The lowest BCUT2D eigenvalue weighted by atomic mass is 9.78. The van der Waals surface area contributed by atoms with Gasteiger partial charge < -0.3 is 10.4 Å². The third-order valence-corrected chi connectivity index (χ3v) is 4.72. The Balaban J connectivity index is 2.14. The molecule has 1 aromatic rings. The van der Waals surface area contributed by atoms with E-state index in [9.17, 15) is 9.90 Å². The van der Waals surface area contributed by atoms with E-state index in [-0.39, 0.29) is 17.2 Å². The van der Waals surface area contributed by atoms with Crippen LogP contribution in [0.15, 0.2) is 22.7 Å². The zero-order valence-corrected chi connectivity index (χ0v) is 12.3. The Bertz CT molecular complexity index is 439. The van der Waals surface area contributed by atoms with Gasteiger partial charge in [0.2, 0.25) is 0 Å². The average Bonchev–Trinajstić information content (AvgIpc) is 2.23. The van der Waals surface area contributed by atoms with Crippen molar-refractivity contribution in [3.05, 3.63) is 28.2 Å². The van der Waals surface area contributed by atoms with E-state index in [4.69, 9.17) is 0 Å². The van der Waals surface area contributed by atoms with Crippen molar-refractivity contribution in [2.24, 2.45) is 0 Å². The molecule has 1 saturated carbocycles. The number of rotatable bonds is 3. The van der Waals surface area contributed by atoms with Crippen LogP contribution in [-0.4, -0.2) is 21.9 Å². The molecule has 0 heterocycles. The third-order valence-electron chi connectivity index (χ3n) is 3.15. The minimum atomic E-state index is -0.214. The number of amides is 1. The molecule has 92 valence electrons. The van der Waals surface area contributed by atoms with Crippen LogP contribution in [0.3, 0.4) is 0 Å². The summed E-state index contributed by atoms with van der Waals surface area (Å²) in [5.41, 5.74) is 0.191. The number of nitrogens with one attached hydrogen (secondary N) is 1. The molecule has 0 unspecified atom stereocenters. The number of phenolic OH excluding ortho intramolecular Hbond substituents is 1. The molecule has 0 aromatic heterocycles. The van der Waals surface area contributed by atoms with Crippen LogP contribution in [0.2, 0.25) is 0 Å². The van der Waals surface area contributed by atoms with Gasteiger partial charge in [0.1, 0.15) is 5.75 Å². The molecule has 0 bridgehead atoms. The van der Waals surface area contributed by atoms with Gasteiger partial charge >= 0.3 is 0 Å². The summed E-state index contributed by atoms with van der Waals surface area (Å²) < 4.78 is 0.755. The van der Waals surface area contributed by atoms with Crippen molar-refractivity contribution in [3.8, 4) is 5.75 Å². The Morgan fingerprint density at radius 1 is 1.47 bits per heavy atom. The van der Waals surface area contributed by atoms with Gasteiger partial charge in [0.25, 0.3) is 5.91 Å². The highest BCUT2D eigenvalue weighted by atomic mass is 79.9. The van der Waals surface area contributed by atoms with Crippen LogP contribution in [-0.2, 0) is 0 Å². The van der Waals surface area contributed by atoms with E-state index in [1.165, 1.54) is 6.07 Å². The van der Waals surface area contributed by atoms with Crippen LogP contribution in [0.25, 0.3) is 0 Å². The molecule has 0 radical (unpaired) electrons. The van der Waals surface area contributed by atoms with Crippen molar-refractivity contribution in [2.75, 3.05) is 5.33 Å². The standard InChI is InChI=1S/C12H13Br2NO2/c13-7-12(4-1-5-12)15-11(17)9-3-2-8(14)6-10(9)16/h2-3,6,16H,1,4-5,7H2,(H,15,17). The summed E-state index contributed by atoms with van der Waals surface area (Å²) in [7, 11) is 0. The molecule has 2 N–H and O–H groups in total. The molecule has 3 nitrogen and oxygen atoms in total. The van der Waals surface area contributed by atoms with Crippen LogP contribution < -0.4 is 5.32 Å². The van der Waals surface area contributed by atoms with Crippen LogP contribution in [0.1, 0.15) is 29.6 Å². The quantitative estimate of drug-likeness (QED) is 0.811. The maximum absolute atomic E-state index is 12.0. The molecule has 5 heteroatoms. The maximum atomic E-state index is 12.0. The Morgan fingerprint density at radius 2 is 2.18 bits per heavy atom. The predicted molar refractivity (Wildman–Crippen MR) is 73.6 cm³/mol. The zero-order chi connectivity index (χ0) is 12.5. The average molecular weight is 363 g/mol. The number of benzene rings is 1. The number of aromatic hydroxyl groups is 1. The van der Waals surface area contributed by atoms with Crippen molar-refractivity contribution >= 4 is 37.8 Å². The maximum Gasteiger partial charge on any atom is 0.255 e. The van der Waals surface area contributed by atoms with Crippen molar-refractivity contribution in [1.82, 2.24) is 5.32 Å². The van der Waals surface area contributed by atoms with Gasteiger partial charge in [-0.1, -0.05) is 31.9 Å². The minimum Gasteiger partial charge on any atom is -0.507 e. The molecule has 0 aliphatic heterocycles. The van der Waals surface area contributed by atoms with E-state index in [1.807, 2.05) is 0 Å². The lowest BCUT2D eigenvalue weighted by Gasteiger charge is -2.41. The van der Waals surface area contributed by atoms with Gasteiger partial charge in [0.05, 0.1) is 11.1 Å². The van der Waals surface area contributed by atoms with E-state index >= 15 is 0 Å². The number of carbonyl (C=O) groups excluding carboxylic acids is 1. The Labute approximate surface area is 117 Å². The molecule has 1 aromatic carbocycles. The second kappa shape index (κ2) is 4.98. The number of carbonyl (C=O) groups is 1. The molecule has 1 fully saturated rings. The van der Waals surface area contributed by atoms with E-state index in [0.717, 1.165) is 29.1 Å². The van der Waals surface area contributed by atoms with Crippen LogP contribution in [0.4, 0.5) is 0 Å². The summed E-state index contributed by atoms with van der Waals surface area (Å²) in [6, 6.07) is 4.89. The van der Waals surface area contributed by atoms with E-state index in [1.54, 1.807) is 12.1 Å². The Morgan fingerprint density at radius 3 is 2.65 bits per heavy atom. The first-order valence-electron chi connectivity index (χ1n) is 5.43. The normalized spacial score (nSPS) is 17.3. The second-order valence-corrected chi connectivity index (χ2v) is 5.86. The van der Waals surface area contributed by atoms with Gasteiger partial charge in [-0.05, 0) is 37.5 Å². The molecule has 1 amide bonds. The summed E-state index contributed by atoms with van der Waals surface area (Å²) in [5, 5.41) is 13.5. The number of hydrogen-bond acceptors (Lipinski definition) is 2. The zero-order valence-electron chi connectivity index (χ0n) is 9.17. The molecule has 17 heavy (non-hydrogen) atoms. The first-order chi connectivity index (χ1) is 8.06. The highest BCUT2D eigenvalue weighted by Gasteiger charge is 2.37. The Hall–Kier alpha value is -0.550. The molecule has 0 atom stereocenters. The topological polar surface area (TPSA) is 49.3 Å². The van der Waals surface area contributed by atoms with Crippen LogP contribution in [0, 0.1) is 0 Å². The number of phenols is 1. The molecule has 1 aliphatic carbocycles. The van der Waals surface area contributed by atoms with E-state index in [0.29, 0.717) is 5.56 Å². The summed E-state index contributed by atoms with van der Waals surface area (Å²) in [4.78, 5) is 12.0. The lowest BCUT2D eigenvalue weighted by Crippen LogP contribution is -2.54. The van der Waals surface area contributed by atoms with Gasteiger partial charge in [-0.2, -0.15) is 0 Å². The molecule has 2 rings (SSSR count). The number of hydrogen-bond donors (Lipinski definition) is 2. The van der Waals surface area contributed by atoms with Crippen LogP contribution >= 0.6 is 31.9 Å². The minimum absolute atomic E-state index is 0.000853. The summed E-state index contributed by atoms with van der Waals surface area (Å²) in [5.74, 6) is -0.213. The Kier molecular flexibility index (Phi) is 3.78. The third kappa shape index (κ3) is 2.65. The summed E-state index contributed by atoms with van der Waals surface area (Å²) >= 11 is 6.68. The van der Waals surface area contributed by atoms with Gasteiger partial charge in [0, 0.05) is 9.80 Å². The van der Waals surface area contributed by atoms with Gasteiger partial charge in [-0.15, -0.1) is 0 Å². The van der Waals surface area contributed by atoms with Crippen LogP contribution in [0.5, 0.6) is 5.75 Å². The van der Waals surface area contributed by atoms with E-state index in [2.05, 4.69) is 37.2 Å². The molecule has 1 aliphatic rings. The SMILES string of the molecule is O=C(NC1(CBr)CCC1)c1ccc(Br)cc1O. The van der Waals surface area contributed by atoms with Gasteiger partial charge in [0.15, 0.2) is 0 Å². The van der Waals surface area contributed by atoms with Gasteiger partial charge in [-0.3, -0.25) is 4.79 Å². The first-order valence-corrected chi connectivity index (χ1v) is 7.35. The van der Waals surface area contributed by atoms with E-state index < -0.39 is 0 Å². The fourth-order valence-corrected chi connectivity index (χ4v) is 2.95. The largest absolute Gasteiger partial charge is 0.507 e. The van der Waals surface area contributed by atoms with Crippen molar-refractivity contribution in [3.63, 3.8) is 0 Å². The van der Waals surface area contributed by atoms with Gasteiger partial charge in [-0.25, -0.2) is 0 Å². The first kappa shape index (κ1) is 12.9. The number of halogens is 2. The fourth-order valence-electron chi connectivity index (χ4n) is 1.90. The highest BCUT2D eigenvalue weighted by Crippen LogP contribution is 2.34. The van der Waals surface area contributed by atoms with Crippen molar-refractivity contribution < 1.29 is 9.90 Å². The van der Waals surface area contributed by atoms with Crippen molar-refractivity contribution in [1.29, 1.82) is 0 Å². The van der Waals surface area contributed by atoms with Crippen molar-refractivity contribution in [2.45, 2.75) is 24.8 Å². The molecular weight excluding hydrogens is 350 g/mol. The lowest BCUT2D eigenvalue weighted by molar-refractivity contribution is 0.0854. The molecule has 0 spiro atoms. The highest BCUT2D eigenvalue weighted by molar-refractivity contribution is 9.10. The molecular formula is C12H13Br2NO2.